The Labute approximate surface area is 338 Å². The van der Waals surface area contributed by atoms with Gasteiger partial charge in [0, 0.05) is 19.4 Å². The molecule has 0 saturated carbocycles. The molecule has 0 aliphatic heterocycles. The molecule has 0 spiro atoms. The Balaban J connectivity index is 4.08. The van der Waals surface area contributed by atoms with Crippen molar-refractivity contribution in [1.29, 1.82) is 0 Å². The lowest BCUT2D eigenvalue weighted by Crippen LogP contribution is -2.29. The first-order valence-electron chi connectivity index (χ1n) is 22.8. The fraction of sp³-hybridized carbons (Fsp3) is 0.867. The van der Waals surface area contributed by atoms with Gasteiger partial charge in [0.2, 0.25) is 0 Å². The average molecular weight is 800 g/mol. The molecule has 10 heteroatoms. The number of esters is 2. The molecule has 0 saturated heterocycles. The Morgan fingerprint density at radius 1 is 0.527 bits per heavy atom. The van der Waals surface area contributed by atoms with Crippen LogP contribution < -0.4 is 5.73 Å². The number of hydrogen-bond acceptors (Lipinski definition) is 8. The molecule has 0 aromatic heterocycles. The molecule has 0 amide bonds. The molecule has 0 bridgehead atoms. The molecule has 0 heterocycles. The van der Waals surface area contributed by atoms with Crippen molar-refractivity contribution in [3.05, 3.63) is 24.3 Å². The maximum Gasteiger partial charge on any atom is 0.472 e. The van der Waals surface area contributed by atoms with Gasteiger partial charge in [-0.05, 0) is 64.2 Å². The van der Waals surface area contributed by atoms with Gasteiger partial charge in [-0.1, -0.05) is 167 Å². The zero-order valence-electron chi connectivity index (χ0n) is 35.7. The van der Waals surface area contributed by atoms with Gasteiger partial charge >= 0.3 is 19.8 Å². The first-order chi connectivity index (χ1) is 26.8. The van der Waals surface area contributed by atoms with Crippen molar-refractivity contribution >= 4 is 19.8 Å². The van der Waals surface area contributed by atoms with Crippen molar-refractivity contribution in [2.75, 3.05) is 26.4 Å². The van der Waals surface area contributed by atoms with Gasteiger partial charge in [-0.25, -0.2) is 4.57 Å². The van der Waals surface area contributed by atoms with Gasteiger partial charge in [0.15, 0.2) is 6.10 Å². The van der Waals surface area contributed by atoms with Crippen LogP contribution in [0.2, 0.25) is 0 Å². The SMILES string of the molecule is CCCCCCCC/C=C/CCCCCCCCCCCCCC(=O)O[C@H](COC(=O)CCCCC/C=C/CCCCCCCC)COP(=O)(O)OCCN. The summed E-state index contributed by atoms with van der Waals surface area (Å²) < 4.78 is 32.8. The number of phosphoric ester groups is 1. The summed E-state index contributed by atoms with van der Waals surface area (Å²) in [5.74, 6) is -0.842. The molecule has 9 nitrogen and oxygen atoms in total. The molecule has 0 aromatic rings. The summed E-state index contributed by atoms with van der Waals surface area (Å²) in [6.07, 6.45) is 45.0. The van der Waals surface area contributed by atoms with E-state index in [4.69, 9.17) is 24.3 Å². The summed E-state index contributed by atoms with van der Waals surface area (Å²) in [7, 11) is -4.38. The Morgan fingerprint density at radius 2 is 0.891 bits per heavy atom. The van der Waals surface area contributed by atoms with Crippen LogP contribution in [-0.2, 0) is 32.7 Å². The summed E-state index contributed by atoms with van der Waals surface area (Å²) in [6, 6.07) is 0. The molecular formula is C45H86NO8P. The maximum absolute atomic E-state index is 12.6. The van der Waals surface area contributed by atoms with Gasteiger partial charge in [0.05, 0.1) is 13.2 Å². The first-order valence-corrected chi connectivity index (χ1v) is 24.3. The third-order valence-corrected chi connectivity index (χ3v) is 10.8. The van der Waals surface area contributed by atoms with Crippen molar-refractivity contribution in [2.45, 2.75) is 225 Å². The molecule has 3 N–H and O–H groups in total. The summed E-state index contributed by atoms with van der Waals surface area (Å²) >= 11 is 0. The average Bonchev–Trinajstić information content (AvgIpc) is 3.17. The quantitative estimate of drug-likeness (QED) is 0.0267. The van der Waals surface area contributed by atoms with Crippen LogP contribution in [0.3, 0.4) is 0 Å². The maximum atomic E-state index is 12.6. The lowest BCUT2D eigenvalue weighted by atomic mass is 10.0. The molecule has 0 rings (SSSR count). The third kappa shape index (κ3) is 41.9. The number of ether oxygens (including phenoxy) is 2. The van der Waals surface area contributed by atoms with E-state index in [2.05, 4.69) is 38.2 Å². The fourth-order valence-corrected chi connectivity index (χ4v) is 7.15. The highest BCUT2D eigenvalue weighted by Crippen LogP contribution is 2.43. The van der Waals surface area contributed by atoms with Gasteiger partial charge in [-0.15, -0.1) is 0 Å². The van der Waals surface area contributed by atoms with Crippen LogP contribution in [0.1, 0.15) is 219 Å². The van der Waals surface area contributed by atoms with E-state index in [0.29, 0.717) is 12.8 Å². The minimum atomic E-state index is -4.38. The van der Waals surface area contributed by atoms with Crippen LogP contribution in [0.5, 0.6) is 0 Å². The fourth-order valence-electron chi connectivity index (χ4n) is 6.39. The van der Waals surface area contributed by atoms with Crippen molar-refractivity contribution in [3.8, 4) is 0 Å². The topological polar surface area (TPSA) is 134 Å². The molecular weight excluding hydrogens is 713 g/mol. The highest BCUT2D eigenvalue weighted by Gasteiger charge is 2.26. The monoisotopic (exact) mass is 800 g/mol. The van der Waals surface area contributed by atoms with Crippen LogP contribution in [-0.4, -0.2) is 49.3 Å². The number of allylic oxidation sites excluding steroid dienone is 4. The van der Waals surface area contributed by atoms with Gasteiger partial charge in [0.25, 0.3) is 0 Å². The van der Waals surface area contributed by atoms with Crippen molar-refractivity contribution < 1.29 is 37.6 Å². The van der Waals surface area contributed by atoms with Crippen molar-refractivity contribution in [2.24, 2.45) is 5.73 Å². The molecule has 1 unspecified atom stereocenters. The van der Waals surface area contributed by atoms with Gasteiger partial charge in [-0.2, -0.15) is 0 Å². The number of carbonyl (C=O) groups is 2. The standard InChI is InChI=1S/C45H86NO8P/c1-3-5-7-9-11-13-15-17-18-19-20-21-22-23-24-26-28-30-32-34-36-38-45(48)54-43(42-53-55(49,50)52-40-39-46)41-51-44(47)37-35-33-31-29-27-25-16-14-12-10-8-6-4-2/h17-18,25,27,43H,3-16,19-24,26,28-42,46H2,1-2H3,(H,49,50)/b18-17+,27-25+/t43-/m1/s1. The second-order valence-corrected chi connectivity index (χ2v) is 16.7. The summed E-state index contributed by atoms with van der Waals surface area (Å²) in [4.78, 5) is 34.9. The predicted molar refractivity (Wildman–Crippen MR) is 229 cm³/mol. The van der Waals surface area contributed by atoms with E-state index in [-0.39, 0.29) is 32.6 Å². The molecule has 55 heavy (non-hydrogen) atoms. The number of phosphoric acid groups is 1. The van der Waals surface area contributed by atoms with E-state index < -0.39 is 32.5 Å². The molecule has 0 aromatic carbocycles. The second kappa shape index (κ2) is 42.1. The van der Waals surface area contributed by atoms with E-state index in [0.717, 1.165) is 44.9 Å². The highest BCUT2D eigenvalue weighted by atomic mass is 31.2. The minimum Gasteiger partial charge on any atom is -0.462 e. The summed E-state index contributed by atoms with van der Waals surface area (Å²) in [6.45, 7) is 3.72. The van der Waals surface area contributed by atoms with E-state index in [9.17, 15) is 19.0 Å². The van der Waals surface area contributed by atoms with E-state index >= 15 is 0 Å². The third-order valence-electron chi connectivity index (χ3n) is 9.81. The molecule has 2 atom stereocenters. The Morgan fingerprint density at radius 3 is 1.31 bits per heavy atom. The molecule has 0 aliphatic carbocycles. The van der Waals surface area contributed by atoms with Gasteiger partial charge < -0.3 is 20.1 Å². The van der Waals surface area contributed by atoms with Crippen LogP contribution in [0.15, 0.2) is 24.3 Å². The normalized spacial score (nSPS) is 13.5. The van der Waals surface area contributed by atoms with Crippen LogP contribution >= 0.6 is 7.82 Å². The summed E-state index contributed by atoms with van der Waals surface area (Å²) in [5.41, 5.74) is 5.35. The van der Waals surface area contributed by atoms with Gasteiger partial charge in [-0.3, -0.25) is 18.6 Å². The number of hydrogen-bond donors (Lipinski definition) is 2. The van der Waals surface area contributed by atoms with E-state index in [1.54, 1.807) is 0 Å². The number of nitrogens with two attached hydrogens (primary N) is 1. The van der Waals surface area contributed by atoms with E-state index in [1.165, 1.54) is 135 Å². The molecule has 0 aliphatic rings. The smallest absolute Gasteiger partial charge is 0.462 e. The zero-order chi connectivity index (χ0) is 40.3. The van der Waals surface area contributed by atoms with Gasteiger partial charge in [0.1, 0.15) is 6.61 Å². The van der Waals surface area contributed by atoms with Crippen molar-refractivity contribution in [3.63, 3.8) is 0 Å². The van der Waals surface area contributed by atoms with Crippen LogP contribution in [0, 0.1) is 0 Å². The summed E-state index contributed by atoms with van der Waals surface area (Å²) in [5, 5.41) is 0. The number of carbonyl (C=O) groups excluding carboxylic acids is 2. The molecule has 0 fully saturated rings. The van der Waals surface area contributed by atoms with Crippen molar-refractivity contribution in [1.82, 2.24) is 0 Å². The Kier molecular flexibility index (Phi) is 40.9. The number of rotatable bonds is 43. The molecule has 324 valence electrons. The largest absolute Gasteiger partial charge is 0.472 e. The van der Waals surface area contributed by atoms with Crippen LogP contribution in [0.25, 0.3) is 0 Å². The lowest BCUT2D eigenvalue weighted by Gasteiger charge is -2.19. The molecule has 0 radical (unpaired) electrons. The lowest BCUT2D eigenvalue weighted by molar-refractivity contribution is -0.161. The Hall–Kier alpha value is -1.51. The van der Waals surface area contributed by atoms with E-state index in [1.807, 2.05) is 0 Å². The minimum absolute atomic E-state index is 0.0527. The predicted octanol–water partition coefficient (Wildman–Crippen LogP) is 13.2. The Bertz CT molecular complexity index is 959. The highest BCUT2D eigenvalue weighted by molar-refractivity contribution is 7.47. The zero-order valence-corrected chi connectivity index (χ0v) is 36.6. The first kappa shape index (κ1) is 53.5. The second-order valence-electron chi connectivity index (χ2n) is 15.3. The number of unbranched alkanes of at least 4 members (excludes halogenated alkanes) is 26. The van der Waals surface area contributed by atoms with Crippen LogP contribution in [0.4, 0.5) is 0 Å².